The van der Waals surface area contributed by atoms with Crippen molar-refractivity contribution in [3.05, 3.63) is 0 Å². The summed E-state index contributed by atoms with van der Waals surface area (Å²) in [5.74, 6) is 0. The van der Waals surface area contributed by atoms with E-state index in [9.17, 15) is 0 Å². The van der Waals surface area contributed by atoms with Crippen molar-refractivity contribution in [3.8, 4) is 0 Å². The Kier molecular flexibility index (Phi) is 0.649. The van der Waals surface area contributed by atoms with Crippen LogP contribution in [0.3, 0.4) is 0 Å². The van der Waals surface area contributed by atoms with Crippen molar-refractivity contribution in [3.63, 3.8) is 0 Å². The average molecular weight is 112 g/mol. The summed E-state index contributed by atoms with van der Waals surface area (Å²) in [5.41, 5.74) is 0.542. The predicted octanol–water partition coefficient (Wildman–Crippen LogP) is -0.338. The zero-order valence-corrected chi connectivity index (χ0v) is 5.44. The number of hydrogen-bond acceptors (Lipinski definition) is 2. The highest BCUT2D eigenvalue weighted by Gasteiger charge is 2.59. The summed E-state index contributed by atoms with van der Waals surface area (Å²) in [6.45, 7) is 4.71. The van der Waals surface area contributed by atoms with Crippen LogP contribution >= 0.6 is 0 Å². The van der Waals surface area contributed by atoms with Crippen molar-refractivity contribution in [2.45, 2.75) is 18.5 Å². The van der Waals surface area contributed by atoms with Crippen molar-refractivity contribution < 1.29 is 0 Å². The van der Waals surface area contributed by atoms with Crippen LogP contribution in [-0.2, 0) is 0 Å². The van der Waals surface area contributed by atoms with Crippen LogP contribution in [0.4, 0.5) is 0 Å². The van der Waals surface area contributed by atoms with Crippen LogP contribution < -0.4 is 5.32 Å². The van der Waals surface area contributed by atoms with Gasteiger partial charge < -0.3 is 5.32 Å². The average Bonchev–Trinajstić information content (AvgIpc) is 2.23. The van der Waals surface area contributed by atoms with Crippen LogP contribution in [0, 0.1) is 0 Å². The van der Waals surface area contributed by atoms with Crippen LogP contribution in [0.1, 0.15) is 6.92 Å². The second-order valence-electron chi connectivity index (χ2n) is 3.11. The molecule has 0 aliphatic carbocycles. The second-order valence-corrected chi connectivity index (χ2v) is 3.11. The molecule has 0 spiro atoms. The van der Waals surface area contributed by atoms with E-state index in [2.05, 4.69) is 24.2 Å². The summed E-state index contributed by atoms with van der Waals surface area (Å²) in [7, 11) is 2.20. The molecule has 0 aromatic carbocycles. The van der Waals surface area contributed by atoms with Crippen molar-refractivity contribution in [1.29, 1.82) is 0 Å². The lowest BCUT2D eigenvalue weighted by Crippen LogP contribution is -2.25. The molecule has 2 saturated heterocycles. The van der Waals surface area contributed by atoms with E-state index >= 15 is 0 Å². The Balaban J connectivity index is 2.18. The minimum atomic E-state index is 0.542. The van der Waals surface area contributed by atoms with Crippen LogP contribution in [0.2, 0.25) is 0 Å². The van der Waals surface area contributed by atoms with E-state index in [0.29, 0.717) is 5.54 Å². The molecule has 2 aliphatic rings. The van der Waals surface area contributed by atoms with E-state index in [1.54, 1.807) is 0 Å². The van der Waals surface area contributed by atoms with Crippen LogP contribution in [-0.4, -0.2) is 36.6 Å². The Morgan fingerprint density at radius 2 is 2.50 bits per heavy atom. The fourth-order valence-electron chi connectivity index (χ4n) is 1.75. The molecular formula is C6H12N2. The van der Waals surface area contributed by atoms with Gasteiger partial charge in [0.2, 0.25) is 0 Å². The van der Waals surface area contributed by atoms with Gasteiger partial charge in [0.05, 0.1) is 0 Å². The topological polar surface area (TPSA) is 15.0 Å². The number of likely N-dealkylation sites (N-methyl/N-ethyl adjacent to an activating group) is 1. The molecule has 3 atom stereocenters. The third kappa shape index (κ3) is 0.327. The summed E-state index contributed by atoms with van der Waals surface area (Å²) in [6, 6.07) is 0.850. The first kappa shape index (κ1) is 4.77. The highest BCUT2D eigenvalue weighted by Crippen LogP contribution is 2.40. The van der Waals surface area contributed by atoms with Gasteiger partial charge in [0.15, 0.2) is 0 Å². The number of rotatable bonds is 0. The smallest absolute Gasteiger partial charge is 0.0474 e. The van der Waals surface area contributed by atoms with Gasteiger partial charge >= 0.3 is 0 Å². The third-order valence-electron chi connectivity index (χ3n) is 2.74. The van der Waals surface area contributed by atoms with Gasteiger partial charge in [-0.05, 0) is 14.0 Å². The van der Waals surface area contributed by atoms with Gasteiger partial charge in [0, 0.05) is 24.7 Å². The maximum Gasteiger partial charge on any atom is 0.0474 e. The molecule has 46 valence electrons. The largest absolute Gasteiger partial charge is 0.313 e. The normalized spacial score (nSPS) is 60.8. The number of hydrogen-bond donors (Lipinski definition) is 1. The third-order valence-corrected chi connectivity index (χ3v) is 2.74. The predicted molar refractivity (Wildman–Crippen MR) is 32.8 cm³/mol. The fraction of sp³-hybridized carbons (Fsp3) is 1.00. The van der Waals surface area contributed by atoms with Gasteiger partial charge in [-0.3, -0.25) is 4.90 Å². The van der Waals surface area contributed by atoms with Crippen LogP contribution in [0.15, 0.2) is 0 Å². The van der Waals surface area contributed by atoms with Gasteiger partial charge in [-0.15, -0.1) is 0 Å². The molecule has 0 bridgehead atoms. The second kappa shape index (κ2) is 1.09. The van der Waals surface area contributed by atoms with Crippen molar-refractivity contribution in [1.82, 2.24) is 10.2 Å². The molecule has 0 amide bonds. The zero-order chi connectivity index (χ0) is 5.78. The number of nitrogens with one attached hydrogen (secondary N) is 1. The lowest BCUT2D eigenvalue weighted by Gasteiger charge is -2.05. The number of fused-ring (bicyclic) bond motifs is 1. The number of nitrogens with zero attached hydrogens (tertiary/aromatic N) is 1. The van der Waals surface area contributed by atoms with Gasteiger partial charge in [0.25, 0.3) is 0 Å². The molecule has 0 aromatic rings. The summed E-state index contributed by atoms with van der Waals surface area (Å²) in [5, 5.41) is 3.35. The minimum Gasteiger partial charge on any atom is -0.313 e. The highest BCUT2D eigenvalue weighted by atomic mass is 15.4. The van der Waals surface area contributed by atoms with Crippen molar-refractivity contribution in [2.24, 2.45) is 0 Å². The van der Waals surface area contributed by atoms with E-state index in [1.165, 1.54) is 13.1 Å². The molecule has 2 fully saturated rings. The molecule has 0 radical (unpaired) electrons. The van der Waals surface area contributed by atoms with E-state index in [4.69, 9.17) is 0 Å². The first-order valence-corrected chi connectivity index (χ1v) is 3.19. The van der Waals surface area contributed by atoms with Gasteiger partial charge in [-0.1, -0.05) is 0 Å². The number of piperazine rings is 1. The van der Waals surface area contributed by atoms with E-state index in [0.717, 1.165) is 6.04 Å². The Hall–Kier alpha value is -0.0800. The van der Waals surface area contributed by atoms with Crippen molar-refractivity contribution >= 4 is 0 Å². The molecule has 2 nitrogen and oxygen atoms in total. The van der Waals surface area contributed by atoms with Gasteiger partial charge in [-0.2, -0.15) is 0 Å². The summed E-state index contributed by atoms with van der Waals surface area (Å²) < 4.78 is 0. The Labute approximate surface area is 49.9 Å². The first-order chi connectivity index (χ1) is 3.75. The maximum atomic E-state index is 3.35. The Bertz CT molecular complexity index is 124. The molecule has 2 heterocycles. The maximum absolute atomic E-state index is 3.35. The molecule has 0 aromatic heterocycles. The molecule has 2 heteroatoms. The Morgan fingerprint density at radius 3 is 2.75 bits per heavy atom. The lowest BCUT2D eigenvalue weighted by atomic mass is 10.1. The van der Waals surface area contributed by atoms with Gasteiger partial charge in [0.1, 0.15) is 0 Å². The monoisotopic (exact) mass is 112 g/mol. The van der Waals surface area contributed by atoms with Crippen LogP contribution in [0.25, 0.3) is 0 Å². The quantitative estimate of drug-likeness (QED) is 0.431. The van der Waals surface area contributed by atoms with E-state index < -0.39 is 0 Å². The van der Waals surface area contributed by atoms with Crippen LogP contribution in [0.5, 0.6) is 0 Å². The van der Waals surface area contributed by atoms with Crippen molar-refractivity contribution in [2.75, 3.05) is 20.1 Å². The fourth-order valence-corrected chi connectivity index (χ4v) is 1.75. The van der Waals surface area contributed by atoms with E-state index in [1.807, 2.05) is 0 Å². The lowest BCUT2D eigenvalue weighted by molar-refractivity contribution is 0.445. The summed E-state index contributed by atoms with van der Waals surface area (Å²) in [6.07, 6.45) is 0. The molecule has 1 N–H and O–H groups in total. The molecule has 0 saturated carbocycles. The molecule has 2 rings (SSSR count). The summed E-state index contributed by atoms with van der Waals surface area (Å²) in [4.78, 5) is 2.43. The molecular weight excluding hydrogens is 100 g/mol. The standard InChI is InChI=1S/C6H12N2/c1-6-4-7-3-5(6)8(6)2/h5,7H,3-4H2,1-2H3. The van der Waals surface area contributed by atoms with E-state index in [-0.39, 0.29) is 0 Å². The zero-order valence-electron chi connectivity index (χ0n) is 5.44. The highest BCUT2D eigenvalue weighted by molar-refractivity contribution is 5.18. The summed E-state index contributed by atoms with van der Waals surface area (Å²) >= 11 is 0. The Morgan fingerprint density at radius 1 is 1.75 bits per heavy atom. The molecule has 2 aliphatic heterocycles. The molecule has 8 heavy (non-hydrogen) atoms. The molecule has 3 unspecified atom stereocenters. The SMILES string of the molecule is CN1C2CNCC21C. The first-order valence-electron chi connectivity index (χ1n) is 3.19. The van der Waals surface area contributed by atoms with Gasteiger partial charge in [-0.25, -0.2) is 0 Å². The minimum absolute atomic E-state index is 0.542.